The Balaban J connectivity index is 1.33. The smallest absolute Gasteiger partial charge is 0.413 e. The summed E-state index contributed by atoms with van der Waals surface area (Å²) in [4.78, 5) is 25.8. The Morgan fingerprint density at radius 2 is 2.03 bits per heavy atom. The number of hydrogen-bond acceptors (Lipinski definition) is 6. The molecular weight excluding hydrogens is 518 g/mol. The van der Waals surface area contributed by atoms with E-state index in [4.69, 9.17) is 16.3 Å². The second kappa shape index (κ2) is 9.28. The molecule has 1 aromatic carbocycles. The van der Waals surface area contributed by atoms with E-state index in [1.165, 1.54) is 27.4 Å². The van der Waals surface area contributed by atoms with Gasteiger partial charge in [0.25, 0.3) is 0 Å². The lowest BCUT2D eigenvalue weighted by Gasteiger charge is -2.16. The van der Waals surface area contributed by atoms with Gasteiger partial charge in [-0.15, -0.1) is 22.7 Å². The minimum atomic E-state index is -0.825. The second-order valence-corrected chi connectivity index (χ2v) is 11.5. The van der Waals surface area contributed by atoms with Crippen LogP contribution in [0, 0.1) is 18.8 Å². The highest BCUT2D eigenvalue weighted by Crippen LogP contribution is 2.56. The second-order valence-electron chi connectivity index (χ2n) is 8.75. The molecule has 0 spiro atoms. The zero-order valence-corrected chi connectivity index (χ0v) is 22.1. The molecule has 0 radical (unpaired) electrons. The van der Waals surface area contributed by atoms with Crippen LogP contribution >= 0.6 is 34.3 Å². The minimum absolute atomic E-state index is 0.418. The van der Waals surface area contributed by atoms with E-state index in [1.807, 2.05) is 44.2 Å². The van der Waals surface area contributed by atoms with Gasteiger partial charge < -0.3 is 9.84 Å². The molecule has 1 unspecified atom stereocenters. The fraction of sp³-hybridized carbons (Fsp3) is 0.269. The summed E-state index contributed by atoms with van der Waals surface area (Å²) in [6.07, 6.45) is 1.80. The van der Waals surface area contributed by atoms with Gasteiger partial charge in [0, 0.05) is 17.3 Å². The molecule has 1 aliphatic rings. The molecule has 36 heavy (non-hydrogen) atoms. The lowest BCUT2D eigenvalue weighted by atomic mass is 10.1. The SMILES string of the molecule is Cc1ccccc1C(C)OC(=O)Nc1c(C#Cc2cc3c(Cl)c(C4(C(=O)O)CC4)sc3s2)cnn1C. The van der Waals surface area contributed by atoms with Crippen LogP contribution in [0.2, 0.25) is 5.02 Å². The van der Waals surface area contributed by atoms with Crippen molar-refractivity contribution in [2.45, 2.75) is 38.2 Å². The number of halogens is 1. The van der Waals surface area contributed by atoms with Crippen molar-refractivity contribution in [2.24, 2.45) is 7.05 Å². The van der Waals surface area contributed by atoms with E-state index < -0.39 is 23.6 Å². The lowest BCUT2D eigenvalue weighted by Crippen LogP contribution is -2.18. The molecule has 10 heteroatoms. The molecule has 0 saturated heterocycles. The number of aryl methyl sites for hydroxylation is 2. The number of carbonyl (C=O) groups excluding carboxylic acids is 1. The van der Waals surface area contributed by atoms with Crippen molar-refractivity contribution >= 4 is 61.6 Å². The van der Waals surface area contributed by atoms with Gasteiger partial charge in [-0.3, -0.25) is 14.8 Å². The van der Waals surface area contributed by atoms with Crippen molar-refractivity contribution in [2.75, 3.05) is 5.32 Å². The highest BCUT2D eigenvalue weighted by molar-refractivity contribution is 7.39. The average Bonchev–Trinajstić information content (AvgIpc) is 3.32. The number of fused-ring (bicyclic) bond motifs is 1. The van der Waals surface area contributed by atoms with Gasteiger partial charge in [-0.25, -0.2) is 4.79 Å². The molecule has 7 nitrogen and oxygen atoms in total. The Labute approximate surface area is 220 Å². The van der Waals surface area contributed by atoms with Crippen LogP contribution < -0.4 is 5.32 Å². The minimum Gasteiger partial charge on any atom is -0.481 e. The summed E-state index contributed by atoms with van der Waals surface area (Å²) < 4.78 is 8.05. The molecule has 1 aliphatic carbocycles. The maximum absolute atomic E-state index is 12.6. The van der Waals surface area contributed by atoms with E-state index in [2.05, 4.69) is 22.3 Å². The van der Waals surface area contributed by atoms with Crippen molar-refractivity contribution in [3.8, 4) is 11.8 Å². The fourth-order valence-corrected chi connectivity index (χ4v) is 7.23. The molecule has 1 atom stereocenters. The maximum atomic E-state index is 12.6. The molecule has 5 rings (SSSR count). The number of carbonyl (C=O) groups is 2. The molecule has 1 fully saturated rings. The molecule has 3 heterocycles. The van der Waals surface area contributed by atoms with Gasteiger partial charge in [-0.1, -0.05) is 47.7 Å². The number of hydrogen-bond donors (Lipinski definition) is 2. The monoisotopic (exact) mass is 539 g/mol. The Morgan fingerprint density at radius 3 is 2.69 bits per heavy atom. The molecule has 3 aromatic heterocycles. The van der Waals surface area contributed by atoms with E-state index >= 15 is 0 Å². The first-order valence-corrected chi connectivity index (χ1v) is 13.2. The quantitative estimate of drug-likeness (QED) is 0.283. The summed E-state index contributed by atoms with van der Waals surface area (Å²) in [5, 5.41) is 17.9. The maximum Gasteiger partial charge on any atom is 0.413 e. The zero-order valence-electron chi connectivity index (χ0n) is 19.7. The first-order valence-electron chi connectivity index (χ1n) is 11.2. The van der Waals surface area contributed by atoms with Gasteiger partial charge in [0.2, 0.25) is 0 Å². The zero-order chi connectivity index (χ0) is 25.6. The molecule has 0 aliphatic heterocycles. The largest absolute Gasteiger partial charge is 0.481 e. The first kappa shape index (κ1) is 24.4. The summed E-state index contributed by atoms with van der Waals surface area (Å²) in [5.74, 6) is 5.80. The molecule has 2 N–H and O–H groups in total. The molecule has 0 bridgehead atoms. The van der Waals surface area contributed by atoms with E-state index in [9.17, 15) is 14.7 Å². The van der Waals surface area contributed by atoms with E-state index in [-0.39, 0.29) is 0 Å². The molecule has 1 saturated carbocycles. The van der Waals surface area contributed by atoms with Crippen LogP contribution in [0.3, 0.4) is 0 Å². The molecular formula is C26H22ClN3O4S2. The summed E-state index contributed by atoms with van der Waals surface area (Å²) in [7, 11) is 1.71. The Morgan fingerprint density at radius 1 is 1.28 bits per heavy atom. The highest BCUT2D eigenvalue weighted by Gasteiger charge is 2.54. The number of aromatic nitrogens is 2. The normalized spacial score (nSPS) is 14.7. The van der Waals surface area contributed by atoms with Crippen molar-refractivity contribution in [3.05, 3.63) is 68.0 Å². The molecule has 1 amide bonds. The number of nitrogens with one attached hydrogen (secondary N) is 1. The van der Waals surface area contributed by atoms with Crippen molar-refractivity contribution in [1.82, 2.24) is 9.78 Å². The van der Waals surface area contributed by atoms with Gasteiger partial charge in [-0.05, 0) is 43.9 Å². The molecule has 184 valence electrons. The Kier molecular flexibility index (Phi) is 6.29. The predicted molar refractivity (Wildman–Crippen MR) is 142 cm³/mol. The van der Waals surface area contributed by atoms with E-state index in [1.54, 1.807) is 13.2 Å². The van der Waals surface area contributed by atoms with Gasteiger partial charge in [0.05, 0.1) is 25.7 Å². The van der Waals surface area contributed by atoms with Gasteiger partial charge >= 0.3 is 12.1 Å². The highest BCUT2D eigenvalue weighted by atomic mass is 35.5. The third kappa shape index (κ3) is 4.37. The van der Waals surface area contributed by atoms with Crippen LogP contribution in [0.25, 0.3) is 9.40 Å². The average molecular weight is 540 g/mol. The summed E-state index contributed by atoms with van der Waals surface area (Å²) in [5.41, 5.74) is 1.70. The van der Waals surface area contributed by atoms with Crippen LogP contribution in [0.1, 0.15) is 52.3 Å². The number of aliphatic carboxylic acids is 1. The number of amides is 1. The third-order valence-electron chi connectivity index (χ3n) is 6.31. The Bertz CT molecular complexity index is 1570. The number of rotatable bonds is 5. The van der Waals surface area contributed by atoms with Crippen LogP contribution in [-0.4, -0.2) is 26.9 Å². The van der Waals surface area contributed by atoms with Crippen molar-refractivity contribution in [1.29, 1.82) is 0 Å². The van der Waals surface area contributed by atoms with Crippen molar-refractivity contribution < 1.29 is 19.4 Å². The fourth-order valence-electron chi connectivity index (χ4n) is 4.09. The third-order valence-corrected chi connectivity index (χ3v) is 9.37. The topological polar surface area (TPSA) is 93.4 Å². The number of anilines is 1. The molecule has 4 aromatic rings. The number of thiophene rings is 2. The lowest BCUT2D eigenvalue weighted by molar-refractivity contribution is -0.139. The van der Waals surface area contributed by atoms with Crippen LogP contribution in [0.5, 0.6) is 0 Å². The van der Waals surface area contributed by atoms with Crippen molar-refractivity contribution in [3.63, 3.8) is 0 Å². The number of ether oxygens (including phenoxy) is 1. The van der Waals surface area contributed by atoms with E-state index in [0.29, 0.717) is 29.2 Å². The Hall–Kier alpha value is -3.32. The van der Waals surface area contributed by atoms with Crippen LogP contribution in [0.15, 0.2) is 36.5 Å². The van der Waals surface area contributed by atoms with Gasteiger partial charge in [0.1, 0.15) is 17.3 Å². The first-order chi connectivity index (χ1) is 17.2. The number of carboxylic acid groups (broad SMARTS) is 1. The summed E-state index contributed by atoms with van der Waals surface area (Å²) in [6.45, 7) is 3.80. The summed E-state index contributed by atoms with van der Waals surface area (Å²) in [6, 6.07) is 9.64. The number of carboxylic acids is 1. The van der Waals surface area contributed by atoms with Crippen LogP contribution in [0.4, 0.5) is 10.6 Å². The van der Waals surface area contributed by atoms with Gasteiger partial charge in [-0.2, -0.15) is 5.10 Å². The van der Waals surface area contributed by atoms with Gasteiger partial charge in [0.15, 0.2) is 0 Å². The summed E-state index contributed by atoms with van der Waals surface area (Å²) >= 11 is 9.47. The number of benzene rings is 1. The van der Waals surface area contributed by atoms with E-state index in [0.717, 1.165) is 30.3 Å². The van der Waals surface area contributed by atoms with Crippen LogP contribution in [-0.2, 0) is 22.0 Å². The standard InChI is InChI=1S/C26H22ClN3O4S2/c1-14-6-4-5-7-18(14)15(2)34-25(33)29-22-16(13-28-30(22)3)8-9-17-12-19-20(27)21(36-23(19)35-17)26(10-11-26)24(31)32/h4-7,12-13,15H,10-11H2,1-3H3,(H,29,33)(H,31,32). The predicted octanol–water partition coefficient (Wildman–Crippen LogP) is 6.48. The number of nitrogens with zero attached hydrogens (tertiary/aromatic N) is 2.